The van der Waals surface area contributed by atoms with E-state index in [1.165, 1.54) is 16.2 Å². The molecule has 0 aliphatic heterocycles. The first-order chi connectivity index (χ1) is 24.3. The predicted octanol–water partition coefficient (Wildman–Crippen LogP) is 11.9. The van der Waals surface area contributed by atoms with E-state index in [2.05, 4.69) is 126 Å². The van der Waals surface area contributed by atoms with Gasteiger partial charge in [0.25, 0.3) is 0 Å². The molecule has 0 bridgehead atoms. The molecule has 7 aromatic carbocycles. The van der Waals surface area contributed by atoms with Crippen molar-refractivity contribution in [2.24, 2.45) is 0 Å². The molecule has 0 saturated carbocycles. The van der Waals surface area contributed by atoms with Crippen molar-refractivity contribution in [2.75, 3.05) is 0 Å². The molecule has 0 atom stereocenters. The Morgan fingerprint density at radius 2 is 1.18 bits per heavy atom. The molecular formula is C44H25N3O2. The SMILES string of the molecule is c1ccc2cc(-c3nc(-c4cccc5oc6cc(-n7c8ccccc8c8ccccc87)ccc6c45)nc4c3oc3ccccc34)ccc2c1. The topological polar surface area (TPSA) is 57.0 Å². The Balaban J connectivity index is 1.16. The summed E-state index contributed by atoms with van der Waals surface area (Å²) in [5.41, 5.74) is 9.89. The second kappa shape index (κ2) is 9.89. The van der Waals surface area contributed by atoms with Gasteiger partial charge < -0.3 is 13.4 Å². The highest BCUT2D eigenvalue weighted by Gasteiger charge is 2.21. The Kier molecular flexibility index (Phi) is 5.32. The fraction of sp³-hybridized carbons (Fsp3) is 0. The molecule has 4 aromatic heterocycles. The lowest BCUT2D eigenvalue weighted by Gasteiger charge is -2.09. The van der Waals surface area contributed by atoms with Gasteiger partial charge in [-0.3, -0.25) is 0 Å². The lowest BCUT2D eigenvalue weighted by molar-refractivity contribution is 0.667. The Morgan fingerprint density at radius 1 is 0.469 bits per heavy atom. The van der Waals surface area contributed by atoms with E-state index >= 15 is 0 Å². The molecule has 5 nitrogen and oxygen atoms in total. The van der Waals surface area contributed by atoms with Crippen LogP contribution in [0, 0.1) is 0 Å². The van der Waals surface area contributed by atoms with Gasteiger partial charge in [0, 0.05) is 49.8 Å². The van der Waals surface area contributed by atoms with Crippen LogP contribution in [0.3, 0.4) is 0 Å². The van der Waals surface area contributed by atoms with Crippen molar-refractivity contribution in [1.82, 2.24) is 14.5 Å². The molecule has 0 N–H and O–H groups in total. The zero-order valence-corrected chi connectivity index (χ0v) is 26.1. The highest BCUT2D eigenvalue weighted by atomic mass is 16.3. The monoisotopic (exact) mass is 627 g/mol. The minimum atomic E-state index is 0.627. The fourth-order valence-corrected chi connectivity index (χ4v) is 7.58. The van der Waals surface area contributed by atoms with Gasteiger partial charge in [0.15, 0.2) is 11.4 Å². The number of para-hydroxylation sites is 3. The molecule has 0 aliphatic carbocycles. The Hall–Kier alpha value is -6.72. The molecule has 0 spiro atoms. The van der Waals surface area contributed by atoms with Gasteiger partial charge in [0.05, 0.1) is 11.0 Å². The maximum atomic E-state index is 6.60. The van der Waals surface area contributed by atoms with Crippen molar-refractivity contribution < 1.29 is 8.83 Å². The van der Waals surface area contributed by atoms with Gasteiger partial charge in [-0.05, 0) is 59.3 Å². The summed E-state index contributed by atoms with van der Waals surface area (Å²) in [6.45, 7) is 0. The normalized spacial score (nSPS) is 12.1. The minimum Gasteiger partial charge on any atom is -0.456 e. The van der Waals surface area contributed by atoms with Crippen LogP contribution in [0.15, 0.2) is 160 Å². The molecule has 0 saturated heterocycles. The Bertz CT molecular complexity index is 3070. The molecule has 11 aromatic rings. The van der Waals surface area contributed by atoms with Crippen LogP contribution < -0.4 is 0 Å². The van der Waals surface area contributed by atoms with Crippen LogP contribution in [0.25, 0.3) is 105 Å². The minimum absolute atomic E-state index is 0.627. The van der Waals surface area contributed by atoms with Gasteiger partial charge in [-0.1, -0.05) is 97.1 Å². The second-order valence-corrected chi connectivity index (χ2v) is 12.6. The first-order valence-electron chi connectivity index (χ1n) is 16.4. The number of nitrogens with zero attached hydrogens (tertiary/aromatic N) is 3. The molecule has 0 radical (unpaired) electrons. The third-order valence-electron chi connectivity index (χ3n) is 9.80. The highest BCUT2D eigenvalue weighted by molar-refractivity contribution is 6.14. The van der Waals surface area contributed by atoms with Crippen LogP contribution in [0.5, 0.6) is 0 Å². The molecular weight excluding hydrogens is 603 g/mol. The smallest absolute Gasteiger partial charge is 0.180 e. The van der Waals surface area contributed by atoms with Crippen LogP contribution in [0.2, 0.25) is 0 Å². The van der Waals surface area contributed by atoms with Crippen LogP contribution in [0.4, 0.5) is 0 Å². The highest BCUT2D eigenvalue weighted by Crippen LogP contribution is 2.41. The molecule has 0 amide bonds. The van der Waals surface area contributed by atoms with Gasteiger partial charge >= 0.3 is 0 Å². The molecule has 4 heterocycles. The first kappa shape index (κ1) is 26.4. The largest absolute Gasteiger partial charge is 0.456 e. The standard InChI is InChI=1S/C44H25N3O2/c1-2-11-27-24-28(21-20-26(27)10-1)41-43-42(33-14-5-8-18-37(33)49-43)46-44(45-41)34-15-9-19-38-40(34)32-23-22-29(25-39(32)48-38)47-35-16-6-3-12-30(35)31-13-4-7-17-36(31)47/h1-25H. The molecule has 0 aliphatic rings. The van der Waals surface area contributed by atoms with Crippen LogP contribution in [-0.2, 0) is 0 Å². The zero-order chi connectivity index (χ0) is 32.1. The van der Waals surface area contributed by atoms with Gasteiger partial charge in [-0.25, -0.2) is 9.97 Å². The third-order valence-corrected chi connectivity index (χ3v) is 9.80. The van der Waals surface area contributed by atoms with Gasteiger partial charge in [-0.2, -0.15) is 0 Å². The third kappa shape index (κ3) is 3.81. The number of aromatic nitrogens is 3. The first-order valence-corrected chi connectivity index (χ1v) is 16.4. The Labute approximate surface area is 279 Å². The summed E-state index contributed by atoms with van der Waals surface area (Å²) >= 11 is 0. The van der Waals surface area contributed by atoms with Crippen molar-refractivity contribution in [3.8, 4) is 28.3 Å². The molecule has 228 valence electrons. The summed E-state index contributed by atoms with van der Waals surface area (Å²) < 4.78 is 15.4. The summed E-state index contributed by atoms with van der Waals surface area (Å²) in [5, 5.41) is 7.75. The summed E-state index contributed by atoms with van der Waals surface area (Å²) in [7, 11) is 0. The van der Waals surface area contributed by atoms with E-state index in [1.54, 1.807) is 0 Å². The van der Waals surface area contributed by atoms with E-state index in [1.807, 2.05) is 30.3 Å². The van der Waals surface area contributed by atoms with Crippen molar-refractivity contribution in [1.29, 1.82) is 0 Å². The van der Waals surface area contributed by atoms with Crippen LogP contribution in [0.1, 0.15) is 0 Å². The van der Waals surface area contributed by atoms with Gasteiger partial charge in [0.2, 0.25) is 0 Å². The number of rotatable bonds is 3. The van der Waals surface area contributed by atoms with Crippen molar-refractivity contribution in [3.63, 3.8) is 0 Å². The lowest BCUT2D eigenvalue weighted by Crippen LogP contribution is -1.95. The van der Waals surface area contributed by atoms with Crippen molar-refractivity contribution in [2.45, 2.75) is 0 Å². The van der Waals surface area contributed by atoms with E-state index in [0.717, 1.165) is 77.4 Å². The Morgan fingerprint density at radius 3 is 2.02 bits per heavy atom. The molecule has 0 fully saturated rings. The van der Waals surface area contributed by atoms with Crippen molar-refractivity contribution in [3.05, 3.63) is 152 Å². The van der Waals surface area contributed by atoms with E-state index in [-0.39, 0.29) is 0 Å². The summed E-state index contributed by atoms with van der Waals surface area (Å²) in [5.74, 6) is 0.627. The van der Waals surface area contributed by atoms with Crippen LogP contribution in [-0.4, -0.2) is 14.5 Å². The number of fused-ring (bicyclic) bond motifs is 10. The number of hydrogen-bond acceptors (Lipinski definition) is 4. The van der Waals surface area contributed by atoms with E-state index in [9.17, 15) is 0 Å². The number of furan rings is 2. The average Bonchev–Trinajstić information content (AvgIpc) is 3.83. The predicted molar refractivity (Wildman–Crippen MR) is 199 cm³/mol. The van der Waals surface area contributed by atoms with Crippen LogP contribution >= 0.6 is 0 Å². The summed E-state index contributed by atoms with van der Waals surface area (Å²) in [6, 6.07) is 52.6. The summed E-state index contributed by atoms with van der Waals surface area (Å²) in [6.07, 6.45) is 0. The van der Waals surface area contributed by atoms with Crippen molar-refractivity contribution >= 4 is 76.6 Å². The van der Waals surface area contributed by atoms with Gasteiger partial charge in [-0.15, -0.1) is 0 Å². The van der Waals surface area contributed by atoms with E-state index < -0.39 is 0 Å². The quantitative estimate of drug-likeness (QED) is 0.196. The maximum absolute atomic E-state index is 6.60. The van der Waals surface area contributed by atoms with E-state index in [0.29, 0.717) is 11.4 Å². The fourth-order valence-electron chi connectivity index (χ4n) is 7.58. The molecule has 11 rings (SSSR count). The number of hydrogen-bond donors (Lipinski definition) is 0. The maximum Gasteiger partial charge on any atom is 0.180 e. The zero-order valence-electron chi connectivity index (χ0n) is 26.1. The van der Waals surface area contributed by atoms with E-state index in [4.69, 9.17) is 18.8 Å². The number of benzene rings is 7. The molecule has 0 unspecified atom stereocenters. The molecule has 49 heavy (non-hydrogen) atoms. The lowest BCUT2D eigenvalue weighted by atomic mass is 10.0. The van der Waals surface area contributed by atoms with Gasteiger partial charge in [0.1, 0.15) is 28.0 Å². The molecule has 5 heteroatoms. The average molecular weight is 628 g/mol. The summed E-state index contributed by atoms with van der Waals surface area (Å²) in [4.78, 5) is 10.5. The second-order valence-electron chi connectivity index (χ2n) is 12.6.